The molecule has 3 heterocycles. The van der Waals surface area contributed by atoms with Gasteiger partial charge in [-0.1, -0.05) is 0 Å². The topological polar surface area (TPSA) is 66.2 Å². The van der Waals surface area contributed by atoms with Crippen molar-refractivity contribution < 1.29 is 19.1 Å². The molecule has 1 atom stereocenters. The Morgan fingerprint density at radius 2 is 2.28 bits per heavy atom. The van der Waals surface area contributed by atoms with Gasteiger partial charge in [-0.05, 0) is 24.6 Å². The monoisotopic (exact) mass is 364 g/mol. The Balaban J connectivity index is 1.64. The van der Waals surface area contributed by atoms with Crippen LogP contribution in [0.2, 0.25) is 0 Å². The van der Waals surface area contributed by atoms with E-state index < -0.39 is 0 Å². The number of ether oxygens (including phenoxy) is 1. The number of furan rings is 1. The van der Waals surface area contributed by atoms with Crippen LogP contribution in [0, 0.1) is 0 Å². The van der Waals surface area contributed by atoms with Crippen LogP contribution < -0.4 is 0 Å². The zero-order valence-corrected chi connectivity index (χ0v) is 15.2. The number of amides is 1. The first-order valence-electron chi connectivity index (χ1n) is 8.44. The van der Waals surface area contributed by atoms with Crippen molar-refractivity contribution in [1.29, 1.82) is 0 Å². The second-order valence-electron chi connectivity index (χ2n) is 6.22. The third-order valence-electron chi connectivity index (χ3n) is 4.48. The second-order valence-corrected chi connectivity index (χ2v) is 7.39. The molecule has 1 saturated heterocycles. The summed E-state index contributed by atoms with van der Waals surface area (Å²) in [5.74, 6) is 0.0678. The van der Waals surface area contributed by atoms with Crippen molar-refractivity contribution >= 4 is 17.2 Å². The maximum atomic E-state index is 12.8. The maximum absolute atomic E-state index is 12.8. The number of nitrogens with zero attached hydrogens (tertiary/aromatic N) is 2. The van der Waals surface area contributed by atoms with E-state index in [2.05, 4.69) is 4.90 Å². The Kier molecular flexibility index (Phi) is 6.25. The minimum atomic E-state index is 0.0678. The molecule has 1 aliphatic rings. The molecule has 1 amide bonds. The van der Waals surface area contributed by atoms with Crippen molar-refractivity contribution in [1.82, 2.24) is 9.80 Å². The molecule has 0 aliphatic carbocycles. The minimum absolute atomic E-state index is 0.0678. The molecule has 0 saturated carbocycles. The molecular weight excluding hydrogens is 340 g/mol. The van der Waals surface area contributed by atoms with Gasteiger partial charge < -0.3 is 19.2 Å². The molecule has 0 radical (unpaired) electrons. The summed E-state index contributed by atoms with van der Waals surface area (Å²) in [5, 5.41) is 9.41. The van der Waals surface area contributed by atoms with Crippen LogP contribution in [0.4, 0.5) is 0 Å². The number of thiophene rings is 1. The van der Waals surface area contributed by atoms with Gasteiger partial charge in [0.05, 0.1) is 24.0 Å². The molecule has 1 unspecified atom stereocenters. The standard InChI is InChI=1S/C18H24N2O4S/c1-23-13-16-2-3-17(25-16)18(22)20-7-6-19(15(11-20)4-8-21)10-14-5-9-24-12-14/h2-3,5,9,12,15,21H,4,6-8,10-11,13H2,1H3. The van der Waals surface area contributed by atoms with Gasteiger partial charge in [0.15, 0.2) is 0 Å². The summed E-state index contributed by atoms with van der Waals surface area (Å²) in [4.78, 5) is 18.8. The van der Waals surface area contributed by atoms with Crippen LogP contribution in [0.3, 0.4) is 0 Å². The smallest absolute Gasteiger partial charge is 0.264 e. The Bertz CT molecular complexity index is 670. The summed E-state index contributed by atoms with van der Waals surface area (Å²) in [7, 11) is 1.65. The molecule has 7 heteroatoms. The van der Waals surface area contributed by atoms with Gasteiger partial charge in [-0.25, -0.2) is 0 Å². The van der Waals surface area contributed by atoms with E-state index in [0.717, 1.165) is 28.4 Å². The molecule has 1 fully saturated rings. The fourth-order valence-corrected chi connectivity index (χ4v) is 4.14. The highest BCUT2D eigenvalue weighted by molar-refractivity contribution is 7.14. The van der Waals surface area contributed by atoms with Crippen molar-refractivity contribution in [2.24, 2.45) is 0 Å². The highest BCUT2D eigenvalue weighted by Gasteiger charge is 2.30. The van der Waals surface area contributed by atoms with Crippen molar-refractivity contribution in [2.75, 3.05) is 33.4 Å². The summed E-state index contributed by atoms with van der Waals surface area (Å²) in [6.07, 6.45) is 4.07. The third-order valence-corrected chi connectivity index (χ3v) is 5.53. The molecule has 1 aliphatic heterocycles. The van der Waals surface area contributed by atoms with Gasteiger partial charge in [-0.15, -0.1) is 11.3 Å². The van der Waals surface area contributed by atoms with Gasteiger partial charge in [0.1, 0.15) is 0 Å². The molecule has 136 valence electrons. The molecule has 0 aromatic carbocycles. The lowest BCUT2D eigenvalue weighted by molar-refractivity contribution is 0.0398. The number of carbonyl (C=O) groups is 1. The van der Waals surface area contributed by atoms with Gasteiger partial charge in [0.2, 0.25) is 0 Å². The van der Waals surface area contributed by atoms with Crippen LogP contribution in [0.1, 0.15) is 26.5 Å². The van der Waals surface area contributed by atoms with Crippen LogP contribution in [0.5, 0.6) is 0 Å². The fourth-order valence-electron chi connectivity index (χ4n) is 3.19. The second kappa shape index (κ2) is 8.62. The van der Waals surface area contributed by atoms with E-state index in [4.69, 9.17) is 9.15 Å². The van der Waals surface area contributed by atoms with E-state index in [9.17, 15) is 9.90 Å². The number of aliphatic hydroxyl groups excluding tert-OH is 1. The quantitative estimate of drug-likeness (QED) is 0.816. The lowest BCUT2D eigenvalue weighted by Gasteiger charge is -2.41. The van der Waals surface area contributed by atoms with Gasteiger partial charge in [0, 0.05) is 56.4 Å². The number of carbonyl (C=O) groups excluding carboxylic acids is 1. The molecule has 0 bridgehead atoms. The summed E-state index contributed by atoms with van der Waals surface area (Å²) in [6.45, 7) is 3.54. The first-order valence-corrected chi connectivity index (χ1v) is 9.26. The SMILES string of the molecule is COCc1ccc(C(=O)N2CCN(Cc3ccoc3)C(CCO)C2)s1. The molecule has 6 nitrogen and oxygen atoms in total. The maximum Gasteiger partial charge on any atom is 0.264 e. The molecule has 0 spiro atoms. The zero-order chi connectivity index (χ0) is 17.6. The van der Waals surface area contributed by atoms with Gasteiger partial charge in [-0.3, -0.25) is 9.69 Å². The van der Waals surface area contributed by atoms with Crippen LogP contribution in [-0.2, 0) is 17.9 Å². The fraction of sp³-hybridized carbons (Fsp3) is 0.500. The van der Waals surface area contributed by atoms with E-state index in [1.165, 1.54) is 11.3 Å². The Morgan fingerprint density at radius 3 is 3.00 bits per heavy atom. The number of hydrogen-bond acceptors (Lipinski definition) is 6. The van der Waals surface area contributed by atoms with E-state index in [0.29, 0.717) is 26.1 Å². The van der Waals surface area contributed by atoms with Crippen molar-refractivity contribution in [3.63, 3.8) is 0 Å². The van der Waals surface area contributed by atoms with E-state index >= 15 is 0 Å². The van der Waals surface area contributed by atoms with Crippen LogP contribution in [-0.4, -0.2) is 60.2 Å². The molecule has 3 rings (SSSR count). The van der Waals surface area contributed by atoms with E-state index in [1.807, 2.05) is 23.1 Å². The molecule has 1 N–H and O–H groups in total. The van der Waals surface area contributed by atoms with Crippen molar-refractivity contribution in [2.45, 2.75) is 25.6 Å². The lowest BCUT2D eigenvalue weighted by Crippen LogP contribution is -2.54. The minimum Gasteiger partial charge on any atom is -0.472 e. The average molecular weight is 364 g/mol. The van der Waals surface area contributed by atoms with E-state index in [1.54, 1.807) is 19.6 Å². The molecule has 2 aromatic rings. The molecule has 25 heavy (non-hydrogen) atoms. The number of rotatable bonds is 7. The molecular formula is C18H24N2O4S. The van der Waals surface area contributed by atoms with Crippen LogP contribution in [0.15, 0.2) is 35.1 Å². The summed E-state index contributed by atoms with van der Waals surface area (Å²) < 4.78 is 10.3. The summed E-state index contributed by atoms with van der Waals surface area (Å²) in [5.41, 5.74) is 1.12. The number of aliphatic hydroxyl groups is 1. The Labute approximate surface area is 151 Å². The first kappa shape index (κ1) is 18.1. The predicted molar refractivity (Wildman–Crippen MR) is 95.5 cm³/mol. The van der Waals surface area contributed by atoms with Gasteiger partial charge >= 0.3 is 0 Å². The Morgan fingerprint density at radius 1 is 1.40 bits per heavy atom. The zero-order valence-electron chi connectivity index (χ0n) is 14.4. The first-order chi connectivity index (χ1) is 12.2. The third kappa shape index (κ3) is 4.49. The highest BCUT2D eigenvalue weighted by atomic mass is 32.1. The van der Waals surface area contributed by atoms with Crippen molar-refractivity contribution in [3.8, 4) is 0 Å². The van der Waals surface area contributed by atoms with Crippen LogP contribution in [0.25, 0.3) is 0 Å². The number of hydrogen-bond donors (Lipinski definition) is 1. The van der Waals surface area contributed by atoms with Gasteiger partial charge in [0.25, 0.3) is 5.91 Å². The highest BCUT2D eigenvalue weighted by Crippen LogP contribution is 2.22. The average Bonchev–Trinajstić information content (AvgIpc) is 3.28. The van der Waals surface area contributed by atoms with Gasteiger partial charge in [-0.2, -0.15) is 0 Å². The summed E-state index contributed by atoms with van der Waals surface area (Å²) in [6, 6.07) is 5.93. The number of methoxy groups -OCH3 is 1. The summed E-state index contributed by atoms with van der Waals surface area (Å²) >= 11 is 1.49. The predicted octanol–water partition coefficient (Wildman–Crippen LogP) is 2.20. The van der Waals surface area contributed by atoms with E-state index in [-0.39, 0.29) is 18.6 Å². The van der Waals surface area contributed by atoms with Crippen LogP contribution >= 0.6 is 11.3 Å². The van der Waals surface area contributed by atoms with Crippen molar-refractivity contribution in [3.05, 3.63) is 46.0 Å². The molecule has 2 aromatic heterocycles. The largest absolute Gasteiger partial charge is 0.472 e. The normalized spacial score (nSPS) is 18.6. The number of piperazine rings is 1. The Hall–Kier alpha value is -1.67. The lowest BCUT2D eigenvalue weighted by atomic mass is 10.1.